The van der Waals surface area contributed by atoms with Crippen molar-refractivity contribution >= 4 is 0 Å². The van der Waals surface area contributed by atoms with Crippen molar-refractivity contribution in [1.29, 1.82) is 0 Å². The minimum atomic E-state index is 0.615. The highest BCUT2D eigenvalue weighted by molar-refractivity contribution is 4.65. The second-order valence-electron chi connectivity index (χ2n) is 5.79. The molecule has 3 nitrogen and oxygen atoms in total. The Hall–Kier alpha value is -0.120. The molecule has 0 spiro atoms. The Morgan fingerprint density at radius 3 is 2.11 bits per heavy atom. The van der Waals surface area contributed by atoms with Crippen molar-refractivity contribution in [2.45, 2.75) is 66.0 Å². The standard InChI is InChI=1S/C15H35N3/c1-6-16-11-12-18-15(5)8-7-14(4)9-10-17-13(2)3/h13-18H,6-12H2,1-5H3. The van der Waals surface area contributed by atoms with E-state index in [0.717, 1.165) is 32.1 Å². The summed E-state index contributed by atoms with van der Waals surface area (Å²) in [5, 5.41) is 10.4. The van der Waals surface area contributed by atoms with Crippen LogP contribution in [0.1, 0.15) is 53.9 Å². The van der Waals surface area contributed by atoms with Gasteiger partial charge in [-0.1, -0.05) is 27.7 Å². The third kappa shape index (κ3) is 12.3. The predicted molar refractivity (Wildman–Crippen MR) is 82.2 cm³/mol. The first-order chi connectivity index (χ1) is 8.56. The predicted octanol–water partition coefficient (Wildman–Crippen LogP) is 2.38. The average molecular weight is 257 g/mol. The van der Waals surface area contributed by atoms with Crippen LogP contribution in [0.5, 0.6) is 0 Å². The molecule has 2 atom stereocenters. The lowest BCUT2D eigenvalue weighted by atomic mass is 9.99. The number of hydrogen-bond acceptors (Lipinski definition) is 3. The van der Waals surface area contributed by atoms with Gasteiger partial charge in [-0.3, -0.25) is 0 Å². The summed E-state index contributed by atoms with van der Waals surface area (Å²) in [6.07, 6.45) is 3.91. The SMILES string of the molecule is CCNCCNC(C)CCC(C)CCNC(C)C. The first kappa shape index (κ1) is 17.9. The average Bonchev–Trinajstić information content (AvgIpc) is 2.31. The van der Waals surface area contributed by atoms with Crippen LogP contribution in [-0.4, -0.2) is 38.3 Å². The van der Waals surface area contributed by atoms with Crippen LogP contribution in [0.4, 0.5) is 0 Å². The molecule has 0 aliphatic rings. The topological polar surface area (TPSA) is 36.1 Å². The van der Waals surface area contributed by atoms with E-state index in [1.807, 2.05) is 0 Å². The van der Waals surface area contributed by atoms with Crippen molar-refractivity contribution in [2.24, 2.45) is 5.92 Å². The van der Waals surface area contributed by atoms with Crippen LogP contribution < -0.4 is 16.0 Å². The fourth-order valence-electron chi connectivity index (χ4n) is 1.98. The van der Waals surface area contributed by atoms with Gasteiger partial charge in [0.2, 0.25) is 0 Å². The van der Waals surface area contributed by atoms with Gasteiger partial charge in [0.1, 0.15) is 0 Å². The summed E-state index contributed by atoms with van der Waals surface area (Å²) in [7, 11) is 0. The number of likely N-dealkylation sites (N-methyl/N-ethyl adjacent to an activating group) is 1. The van der Waals surface area contributed by atoms with Gasteiger partial charge in [-0.05, 0) is 45.2 Å². The third-order valence-electron chi connectivity index (χ3n) is 3.33. The zero-order chi connectivity index (χ0) is 13.8. The Balaban J connectivity index is 3.38. The molecule has 3 heteroatoms. The molecular formula is C15H35N3. The molecule has 0 fully saturated rings. The molecule has 3 N–H and O–H groups in total. The van der Waals surface area contributed by atoms with Crippen LogP contribution in [0.3, 0.4) is 0 Å². The van der Waals surface area contributed by atoms with E-state index in [9.17, 15) is 0 Å². The number of rotatable bonds is 12. The summed E-state index contributed by atoms with van der Waals surface area (Å²) in [5.74, 6) is 0.828. The van der Waals surface area contributed by atoms with Crippen molar-refractivity contribution < 1.29 is 0 Å². The Morgan fingerprint density at radius 1 is 0.778 bits per heavy atom. The summed E-state index contributed by atoms with van der Waals surface area (Å²) in [5.41, 5.74) is 0. The molecular weight excluding hydrogens is 222 g/mol. The minimum Gasteiger partial charge on any atom is -0.316 e. The van der Waals surface area contributed by atoms with E-state index < -0.39 is 0 Å². The lowest BCUT2D eigenvalue weighted by Crippen LogP contribution is -2.33. The molecule has 0 saturated heterocycles. The number of hydrogen-bond donors (Lipinski definition) is 3. The fraction of sp³-hybridized carbons (Fsp3) is 1.00. The largest absolute Gasteiger partial charge is 0.316 e. The molecule has 0 aromatic rings. The van der Waals surface area contributed by atoms with Crippen molar-refractivity contribution in [2.75, 3.05) is 26.2 Å². The summed E-state index contributed by atoms with van der Waals surface area (Å²) >= 11 is 0. The van der Waals surface area contributed by atoms with Crippen molar-refractivity contribution in [3.8, 4) is 0 Å². The highest BCUT2D eigenvalue weighted by atomic mass is 15.0. The van der Waals surface area contributed by atoms with E-state index in [4.69, 9.17) is 0 Å². The van der Waals surface area contributed by atoms with E-state index in [2.05, 4.69) is 50.6 Å². The van der Waals surface area contributed by atoms with Crippen LogP contribution in [0.25, 0.3) is 0 Å². The summed E-state index contributed by atoms with van der Waals surface area (Å²) < 4.78 is 0. The van der Waals surface area contributed by atoms with Crippen LogP contribution >= 0.6 is 0 Å². The Morgan fingerprint density at radius 2 is 1.50 bits per heavy atom. The third-order valence-corrected chi connectivity index (χ3v) is 3.33. The normalized spacial score (nSPS) is 15.0. The van der Waals surface area contributed by atoms with E-state index in [1.54, 1.807) is 0 Å². The monoisotopic (exact) mass is 257 g/mol. The highest BCUT2D eigenvalue weighted by Gasteiger charge is 2.06. The van der Waals surface area contributed by atoms with Crippen LogP contribution in [0, 0.1) is 5.92 Å². The van der Waals surface area contributed by atoms with Gasteiger partial charge in [-0.25, -0.2) is 0 Å². The van der Waals surface area contributed by atoms with Crippen molar-refractivity contribution in [3.05, 3.63) is 0 Å². The maximum Gasteiger partial charge on any atom is 0.00792 e. The molecule has 0 aromatic carbocycles. The van der Waals surface area contributed by atoms with E-state index in [1.165, 1.54) is 19.3 Å². The minimum absolute atomic E-state index is 0.615. The smallest absolute Gasteiger partial charge is 0.00792 e. The highest BCUT2D eigenvalue weighted by Crippen LogP contribution is 2.11. The molecule has 0 radical (unpaired) electrons. The fourth-order valence-corrected chi connectivity index (χ4v) is 1.98. The first-order valence-electron chi connectivity index (χ1n) is 7.73. The second kappa shape index (κ2) is 11.9. The molecule has 0 bridgehead atoms. The summed E-state index contributed by atoms with van der Waals surface area (Å²) in [4.78, 5) is 0. The van der Waals surface area contributed by atoms with Gasteiger partial charge in [-0.15, -0.1) is 0 Å². The van der Waals surface area contributed by atoms with Crippen LogP contribution in [-0.2, 0) is 0 Å². The van der Waals surface area contributed by atoms with Gasteiger partial charge >= 0.3 is 0 Å². The molecule has 2 unspecified atom stereocenters. The van der Waals surface area contributed by atoms with Crippen molar-refractivity contribution in [3.63, 3.8) is 0 Å². The quantitative estimate of drug-likeness (QED) is 0.470. The van der Waals surface area contributed by atoms with Gasteiger partial charge in [0.05, 0.1) is 0 Å². The molecule has 18 heavy (non-hydrogen) atoms. The second-order valence-corrected chi connectivity index (χ2v) is 5.79. The summed E-state index contributed by atoms with van der Waals surface area (Å²) in [6.45, 7) is 15.6. The zero-order valence-corrected chi connectivity index (χ0v) is 13.2. The number of nitrogens with one attached hydrogen (secondary N) is 3. The van der Waals surface area contributed by atoms with Crippen LogP contribution in [0.2, 0.25) is 0 Å². The van der Waals surface area contributed by atoms with E-state index in [-0.39, 0.29) is 0 Å². The Bertz CT molecular complexity index is 171. The van der Waals surface area contributed by atoms with Crippen molar-refractivity contribution in [1.82, 2.24) is 16.0 Å². The molecule has 0 amide bonds. The molecule has 0 saturated carbocycles. The van der Waals surface area contributed by atoms with Gasteiger partial charge in [0, 0.05) is 25.2 Å². The molecule has 110 valence electrons. The maximum absolute atomic E-state index is 3.57. The lowest BCUT2D eigenvalue weighted by Gasteiger charge is -2.18. The van der Waals surface area contributed by atoms with Gasteiger partial charge in [0.25, 0.3) is 0 Å². The van der Waals surface area contributed by atoms with E-state index in [0.29, 0.717) is 12.1 Å². The molecule has 0 aliphatic carbocycles. The Kier molecular flexibility index (Phi) is 11.9. The maximum atomic E-state index is 3.57. The Labute approximate surface area is 114 Å². The first-order valence-corrected chi connectivity index (χ1v) is 7.73. The molecule has 0 rings (SSSR count). The van der Waals surface area contributed by atoms with Crippen LogP contribution in [0.15, 0.2) is 0 Å². The zero-order valence-electron chi connectivity index (χ0n) is 13.2. The molecule has 0 aromatic heterocycles. The van der Waals surface area contributed by atoms with Gasteiger partial charge < -0.3 is 16.0 Å². The van der Waals surface area contributed by atoms with Gasteiger partial charge in [0.15, 0.2) is 0 Å². The molecule has 0 aliphatic heterocycles. The lowest BCUT2D eigenvalue weighted by molar-refractivity contribution is 0.403. The summed E-state index contributed by atoms with van der Waals surface area (Å²) in [6, 6.07) is 1.26. The van der Waals surface area contributed by atoms with E-state index >= 15 is 0 Å². The van der Waals surface area contributed by atoms with Gasteiger partial charge in [-0.2, -0.15) is 0 Å². The molecule has 0 heterocycles.